The summed E-state index contributed by atoms with van der Waals surface area (Å²) < 4.78 is 5.03. The number of methoxy groups -OCH3 is 1. The van der Waals surface area contributed by atoms with Crippen LogP contribution in [0.25, 0.3) is 33.2 Å². The number of rotatable bonds is 6. The molecule has 0 spiro atoms. The van der Waals surface area contributed by atoms with Crippen LogP contribution in [0.4, 0.5) is 0 Å². The molecule has 0 fully saturated rings. The minimum atomic E-state index is -0.306. The number of aryl methyl sites for hydroxylation is 2. The zero-order valence-corrected chi connectivity index (χ0v) is 18.3. The van der Waals surface area contributed by atoms with Crippen LogP contribution in [0.1, 0.15) is 41.3 Å². The van der Waals surface area contributed by atoms with Gasteiger partial charge in [0.05, 0.1) is 18.2 Å². The van der Waals surface area contributed by atoms with Crippen molar-refractivity contribution in [3.05, 3.63) is 89.6 Å². The Kier molecular flexibility index (Phi) is 6.13. The zero-order valence-electron chi connectivity index (χ0n) is 18.3. The van der Waals surface area contributed by atoms with Gasteiger partial charge >= 0.3 is 5.97 Å². The van der Waals surface area contributed by atoms with Crippen LogP contribution in [0.5, 0.6) is 0 Å². The van der Waals surface area contributed by atoms with Gasteiger partial charge in [0.25, 0.3) is 0 Å². The van der Waals surface area contributed by atoms with E-state index in [0.29, 0.717) is 5.56 Å². The average Bonchev–Trinajstić information content (AvgIpc) is 2.82. The van der Waals surface area contributed by atoms with Crippen LogP contribution in [0.3, 0.4) is 0 Å². The number of unbranched alkanes of at least 4 members (excludes halogenated alkanes) is 1. The maximum Gasteiger partial charge on any atom is 0.338 e. The van der Waals surface area contributed by atoms with Crippen LogP contribution in [0.15, 0.2) is 72.9 Å². The van der Waals surface area contributed by atoms with Crippen molar-refractivity contribution < 1.29 is 9.53 Å². The molecule has 0 radical (unpaired) electrons. The molecule has 0 aliphatic rings. The number of benzene rings is 3. The summed E-state index contributed by atoms with van der Waals surface area (Å²) in [6, 6.07) is 22.7. The summed E-state index contributed by atoms with van der Waals surface area (Å²) in [7, 11) is 1.42. The number of hydrogen-bond donors (Lipinski definition) is 0. The lowest BCUT2D eigenvalue weighted by atomic mass is 9.91. The van der Waals surface area contributed by atoms with E-state index in [1.165, 1.54) is 29.2 Å². The Morgan fingerprint density at radius 1 is 0.935 bits per heavy atom. The largest absolute Gasteiger partial charge is 0.465 e. The summed E-state index contributed by atoms with van der Waals surface area (Å²) in [6.07, 6.45) is 5.32. The maximum atomic E-state index is 12.4. The Balaban J connectivity index is 1.82. The van der Waals surface area contributed by atoms with Gasteiger partial charge in [0.2, 0.25) is 0 Å². The fourth-order valence-electron chi connectivity index (χ4n) is 4.18. The quantitative estimate of drug-likeness (QED) is 0.322. The van der Waals surface area contributed by atoms with Crippen molar-refractivity contribution in [2.24, 2.45) is 0 Å². The van der Waals surface area contributed by atoms with Gasteiger partial charge in [-0.25, -0.2) is 4.79 Å². The molecule has 0 aliphatic carbocycles. The SMILES string of the molecule is CCCCc1cnc2ccccc2c1-c1ccc(-c2cccc(C)c2C(=O)OC)cc1. The van der Waals surface area contributed by atoms with Gasteiger partial charge in [-0.05, 0) is 59.2 Å². The number of fused-ring (bicyclic) bond motifs is 1. The van der Waals surface area contributed by atoms with Crippen LogP contribution in [-0.2, 0) is 11.2 Å². The molecule has 1 heterocycles. The van der Waals surface area contributed by atoms with Crippen molar-refractivity contribution >= 4 is 16.9 Å². The molecule has 3 nitrogen and oxygen atoms in total. The van der Waals surface area contributed by atoms with Crippen molar-refractivity contribution in [2.75, 3.05) is 7.11 Å². The molecule has 3 heteroatoms. The van der Waals surface area contributed by atoms with Crippen molar-refractivity contribution in [1.82, 2.24) is 4.98 Å². The van der Waals surface area contributed by atoms with Crippen molar-refractivity contribution in [3.63, 3.8) is 0 Å². The zero-order chi connectivity index (χ0) is 21.8. The van der Waals surface area contributed by atoms with Crippen LogP contribution >= 0.6 is 0 Å². The Morgan fingerprint density at radius 3 is 2.42 bits per heavy atom. The molecule has 0 aliphatic heterocycles. The molecule has 31 heavy (non-hydrogen) atoms. The Labute approximate surface area is 183 Å². The summed E-state index contributed by atoms with van der Waals surface area (Å²) in [5.74, 6) is -0.306. The van der Waals surface area contributed by atoms with Crippen molar-refractivity contribution in [1.29, 1.82) is 0 Å². The molecule has 0 bridgehead atoms. The fourth-order valence-corrected chi connectivity index (χ4v) is 4.18. The normalized spacial score (nSPS) is 10.9. The summed E-state index contributed by atoms with van der Waals surface area (Å²) in [6.45, 7) is 4.15. The molecule has 0 saturated heterocycles. The van der Waals surface area contributed by atoms with Gasteiger partial charge in [0, 0.05) is 11.6 Å². The van der Waals surface area contributed by atoms with Gasteiger partial charge in [-0.15, -0.1) is 0 Å². The third-order valence-corrected chi connectivity index (χ3v) is 5.80. The first-order chi connectivity index (χ1) is 15.1. The van der Waals surface area contributed by atoms with Gasteiger partial charge in [-0.3, -0.25) is 4.98 Å². The molecule has 0 atom stereocenters. The van der Waals surface area contributed by atoms with E-state index in [4.69, 9.17) is 4.74 Å². The van der Waals surface area contributed by atoms with Crippen LogP contribution in [0, 0.1) is 6.92 Å². The highest BCUT2D eigenvalue weighted by atomic mass is 16.5. The lowest BCUT2D eigenvalue weighted by Crippen LogP contribution is -2.06. The van der Waals surface area contributed by atoms with E-state index in [-0.39, 0.29) is 5.97 Å². The van der Waals surface area contributed by atoms with E-state index >= 15 is 0 Å². The van der Waals surface area contributed by atoms with Gasteiger partial charge in [0.1, 0.15) is 0 Å². The number of esters is 1. The van der Waals surface area contributed by atoms with Crippen LogP contribution in [-0.4, -0.2) is 18.1 Å². The maximum absolute atomic E-state index is 12.4. The summed E-state index contributed by atoms with van der Waals surface area (Å²) >= 11 is 0. The first-order valence-electron chi connectivity index (χ1n) is 10.8. The second kappa shape index (κ2) is 9.13. The molecule has 3 aromatic carbocycles. The lowest BCUT2D eigenvalue weighted by molar-refractivity contribution is 0.0601. The second-order valence-corrected chi connectivity index (χ2v) is 7.85. The standard InChI is InChI=1S/C28H27NO2/c1-4-5-10-22-18-29-25-13-7-6-11-24(25)27(22)21-16-14-20(15-17-21)23-12-8-9-19(2)26(23)28(30)31-3/h6-9,11-18H,4-5,10H2,1-3H3. The minimum Gasteiger partial charge on any atom is -0.465 e. The average molecular weight is 410 g/mol. The van der Waals surface area contributed by atoms with Crippen LogP contribution < -0.4 is 0 Å². The number of carbonyl (C=O) groups excluding carboxylic acids is 1. The first kappa shape index (κ1) is 20.8. The van der Waals surface area contributed by atoms with Gasteiger partial charge in [0.15, 0.2) is 0 Å². The molecule has 0 saturated carbocycles. The summed E-state index contributed by atoms with van der Waals surface area (Å²) in [4.78, 5) is 17.1. The van der Waals surface area contributed by atoms with Crippen molar-refractivity contribution in [2.45, 2.75) is 33.1 Å². The number of pyridine rings is 1. The highest BCUT2D eigenvalue weighted by Crippen LogP contribution is 2.34. The van der Waals surface area contributed by atoms with Gasteiger partial charge in [-0.2, -0.15) is 0 Å². The monoisotopic (exact) mass is 409 g/mol. The Hall–Kier alpha value is -3.46. The van der Waals surface area contributed by atoms with Gasteiger partial charge in [-0.1, -0.05) is 74.0 Å². The predicted molar refractivity (Wildman–Crippen MR) is 127 cm³/mol. The van der Waals surface area contributed by atoms with E-state index < -0.39 is 0 Å². The second-order valence-electron chi connectivity index (χ2n) is 7.85. The molecule has 0 amide bonds. The smallest absolute Gasteiger partial charge is 0.338 e. The number of aromatic nitrogens is 1. The highest BCUT2D eigenvalue weighted by molar-refractivity contribution is 5.99. The molecule has 1 aromatic heterocycles. The van der Waals surface area contributed by atoms with E-state index in [2.05, 4.69) is 54.4 Å². The van der Waals surface area contributed by atoms with E-state index in [0.717, 1.165) is 41.5 Å². The molecular weight excluding hydrogens is 382 g/mol. The third kappa shape index (κ3) is 4.09. The van der Waals surface area contributed by atoms with Gasteiger partial charge < -0.3 is 4.74 Å². The van der Waals surface area contributed by atoms with E-state index in [1.54, 1.807) is 0 Å². The molecule has 4 rings (SSSR count). The minimum absolute atomic E-state index is 0.306. The topological polar surface area (TPSA) is 39.2 Å². The number of para-hydroxylation sites is 1. The summed E-state index contributed by atoms with van der Waals surface area (Å²) in [5, 5.41) is 1.18. The molecule has 0 N–H and O–H groups in total. The van der Waals surface area contributed by atoms with E-state index in [1.807, 2.05) is 37.4 Å². The Morgan fingerprint density at radius 2 is 1.68 bits per heavy atom. The van der Waals surface area contributed by atoms with Crippen LogP contribution in [0.2, 0.25) is 0 Å². The molecule has 0 unspecified atom stereocenters. The fraction of sp³-hybridized carbons (Fsp3) is 0.214. The first-order valence-corrected chi connectivity index (χ1v) is 10.8. The molecule has 156 valence electrons. The number of hydrogen-bond acceptors (Lipinski definition) is 3. The number of nitrogens with zero attached hydrogens (tertiary/aromatic N) is 1. The number of ether oxygens (including phenoxy) is 1. The Bertz CT molecular complexity index is 1230. The highest BCUT2D eigenvalue weighted by Gasteiger charge is 2.17. The van der Waals surface area contributed by atoms with E-state index in [9.17, 15) is 4.79 Å². The summed E-state index contributed by atoms with van der Waals surface area (Å²) in [5.41, 5.74) is 8.13. The predicted octanol–water partition coefficient (Wildman–Crippen LogP) is 7.01. The number of carbonyl (C=O) groups is 1. The molecule has 4 aromatic rings. The van der Waals surface area contributed by atoms with Crippen molar-refractivity contribution in [3.8, 4) is 22.3 Å². The molecular formula is C28H27NO2. The lowest BCUT2D eigenvalue weighted by Gasteiger charge is -2.15. The third-order valence-electron chi connectivity index (χ3n) is 5.80.